The molecule has 0 saturated carbocycles. The summed E-state index contributed by atoms with van der Waals surface area (Å²) in [5, 5.41) is 10.8. The van der Waals surface area contributed by atoms with E-state index in [1.54, 1.807) is 35.4 Å². The third-order valence-electron chi connectivity index (χ3n) is 5.89. The molecule has 0 bridgehead atoms. The minimum absolute atomic E-state index is 0.313. The van der Waals surface area contributed by atoms with Crippen LogP contribution in [0.25, 0.3) is 28.2 Å². The average molecular weight is 472 g/mol. The highest BCUT2D eigenvalue weighted by molar-refractivity contribution is 6.34. The molecule has 0 unspecified atom stereocenters. The predicted molar refractivity (Wildman–Crippen MR) is 132 cm³/mol. The van der Waals surface area contributed by atoms with Crippen molar-refractivity contribution in [3.8, 4) is 17.1 Å². The second-order valence-corrected chi connectivity index (χ2v) is 8.53. The van der Waals surface area contributed by atoms with Crippen LogP contribution >= 0.6 is 11.6 Å². The van der Waals surface area contributed by atoms with Crippen molar-refractivity contribution in [3.63, 3.8) is 0 Å². The molecule has 0 saturated heterocycles. The van der Waals surface area contributed by atoms with Crippen LogP contribution in [0.1, 0.15) is 42.1 Å². The van der Waals surface area contributed by atoms with Gasteiger partial charge in [0.1, 0.15) is 18.2 Å². The molecule has 0 aliphatic rings. The molecular formula is C26H22ClN5O2. The van der Waals surface area contributed by atoms with Crippen molar-refractivity contribution < 1.29 is 9.21 Å². The van der Waals surface area contributed by atoms with Crippen LogP contribution in [0.15, 0.2) is 77.7 Å². The molecule has 7 nitrogen and oxygen atoms in total. The fraction of sp³-hybridized carbons (Fsp3) is 0.154. The van der Waals surface area contributed by atoms with Gasteiger partial charge in [-0.1, -0.05) is 31.5 Å². The van der Waals surface area contributed by atoms with E-state index in [9.17, 15) is 4.79 Å². The van der Waals surface area contributed by atoms with Gasteiger partial charge in [0.15, 0.2) is 5.58 Å². The molecule has 2 aromatic heterocycles. The smallest absolute Gasteiger partial charge is 0.257 e. The number of rotatable bonds is 6. The van der Waals surface area contributed by atoms with E-state index in [0.29, 0.717) is 28.1 Å². The lowest BCUT2D eigenvalue weighted by atomic mass is 9.98. The van der Waals surface area contributed by atoms with Crippen molar-refractivity contribution >= 4 is 34.3 Å². The molecule has 0 aliphatic heterocycles. The van der Waals surface area contributed by atoms with Crippen molar-refractivity contribution in [3.05, 3.63) is 89.5 Å². The van der Waals surface area contributed by atoms with Crippen molar-refractivity contribution in [1.29, 1.82) is 0 Å². The summed E-state index contributed by atoms with van der Waals surface area (Å²) in [6.07, 6.45) is 4.18. The number of fused-ring (bicyclic) bond motifs is 1. The average Bonchev–Trinajstić information content (AvgIpc) is 3.54. The van der Waals surface area contributed by atoms with E-state index in [2.05, 4.69) is 46.5 Å². The summed E-state index contributed by atoms with van der Waals surface area (Å²) in [6.45, 7) is 4.37. The molecule has 2 heterocycles. The number of hydrogen-bond acceptors (Lipinski definition) is 5. The molecule has 0 radical (unpaired) electrons. The van der Waals surface area contributed by atoms with E-state index >= 15 is 0 Å². The van der Waals surface area contributed by atoms with E-state index in [-0.39, 0.29) is 5.91 Å². The number of halogens is 1. The normalized spacial score (nSPS) is 12.1. The SMILES string of the molecule is CC[C@@H](C)c1ccc2oc(-c3ccc(NC(=O)c4cc(-n5cnnc5)ccc4Cl)cc3)nc2c1. The van der Waals surface area contributed by atoms with Crippen molar-refractivity contribution in [1.82, 2.24) is 19.7 Å². The first-order chi connectivity index (χ1) is 16.5. The molecule has 34 heavy (non-hydrogen) atoms. The zero-order valence-electron chi connectivity index (χ0n) is 18.7. The van der Waals surface area contributed by atoms with Gasteiger partial charge < -0.3 is 9.73 Å². The number of benzene rings is 3. The van der Waals surface area contributed by atoms with E-state index in [4.69, 9.17) is 16.0 Å². The third kappa shape index (κ3) is 4.30. The van der Waals surface area contributed by atoms with Crippen LogP contribution in [0.4, 0.5) is 5.69 Å². The fourth-order valence-electron chi connectivity index (χ4n) is 3.69. The summed E-state index contributed by atoms with van der Waals surface area (Å²) < 4.78 is 7.65. The minimum Gasteiger partial charge on any atom is -0.436 e. The van der Waals surface area contributed by atoms with Gasteiger partial charge in [-0.25, -0.2) is 4.98 Å². The Kier molecular flexibility index (Phi) is 5.86. The van der Waals surface area contributed by atoms with E-state index < -0.39 is 0 Å². The molecule has 1 amide bonds. The van der Waals surface area contributed by atoms with Crippen LogP contribution in [0, 0.1) is 0 Å². The predicted octanol–water partition coefficient (Wildman–Crippen LogP) is 6.49. The van der Waals surface area contributed by atoms with Gasteiger partial charge in [-0.2, -0.15) is 0 Å². The molecular weight excluding hydrogens is 450 g/mol. The quantitative estimate of drug-likeness (QED) is 0.305. The molecule has 1 atom stereocenters. The highest BCUT2D eigenvalue weighted by atomic mass is 35.5. The van der Waals surface area contributed by atoms with Gasteiger partial charge in [0.2, 0.25) is 5.89 Å². The summed E-state index contributed by atoms with van der Waals surface area (Å²) in [4.78, 5) is 17.5. The highest BCUT2D eigenvalue weighted by Gasteiger charge is 2.14. The summed E-state index contributed by atoms with van der Waals surface area (Å²) in [5.41, 5.74) is 5.40. The maximum absolute atomic E-state index is 12.9. The van der Waals surface area contributed by atoms with Crippen LogP contribution in [0.2, 0.25) is 5.02 Å². The maximum Gasteiger partial charge on any atom is 0.257 e. The van der Waals surface area contributed by atoms with Gasteiger partial charge in [0.25, 0.3) is 5.91 Å². The van der Waals surface area contributed by atoms with E-state index in [0.717, 1.165) is 28.8 Å². The largest absolute Gasteiger partial charge is 0.436 e. The molecule has 5 rings (SSSR count). The van der Waals surface area contributed by atoms with Crippen LogP contribution in [0.5, 0.6) is 0 Å². The molecule has 8 heteroatoms. The van der Waals surface area contributed by atoms with Gasteiger partial charge in [-0.05, 0) is 72.5 Å². The number of aromatic nitrogens is 4. The Hall–Kier alpha value is -3.97. The number of oxazole rings is 1. The van der Waals surface area contributed by atoms with Crippen LogP contribution in [0.3, 0.4) is 0 Å². The van der Waals surface area contributed by atoms with Crippen molar-refractivity contribution in [2.75, 3.05) is 5.32 Å². The molecule has 0 spiro atoms. The Balaban J connectivity index is 1.35. The number of anilines is 1. The number of carbonyl (C=O) groups excluding carboxylic acids is 1. The lowest BCUT2D eigenvalue weighted by molar-refractivity contribution is 0.102. The van der Waals surface area contributed by atoms with Gasteiger partial charge in [-0.3, -0.25) is 9.36 Å². The molecule has 1 N–H and O–H groups in total. The lowest BCUT2D eigenvalue weighted by Crippen LogP contribution is -2.13. The highest BCUT2D eigenvalue weighted by Crippen LogP contribution is 2.29. The third-order valence-corrected chi connectivity index (χ3v) is 6.22. The second kappa shape index (κ2) is 9.11. The second-order valence-electron chi connectivity index (χ2n) is 8.12. The Morgan fingerprint density at radius 3 is 2.56 bits per heavy atom. The molecule has 170 valence electrons. The summed E-state index contributed by atoms with van der Waals surface area (Å²) in [7, 11) is 0. The van der Waals surface area contributed by atoms with Crippen LogP contribution < -0.4 is 5.32 Å². The zero-order chi connectivity index (χ0) is 23.7. The Morgan fingerprint density at radius 2 is 1.82 bits per heavy atom. The first kappa shape index (κ1) is 21.9. The van der Waals surface area contributed by atoms with Gasteiger partial charge in [0.05, 0.1) is 10.6 Å². The number of amides is 1. The summed E-state index contributed by atoms with van der Waals surface area (Å²) in [6, 6.07) is 18.7. The van der Waals surface area contributed by atoms with Crippen molar-refractivity contribution in [2.45, 2.75) is 26.2 Å². The Labute approximate surface area is 201 Å². The monoisotopic (exact) mass is 471 g/mol. The van der Waals surface area contributed by atoms with E-state index in [1.807, 2.05) is 30.3 Å². The molecule has 3 aromatic carbocycles. The van der Waals surface area contributed by atoms with Gasteiger partial charge in [0, 0.05) is 16.9 Å². The minimum atomic E-state index is -0.313. The van der Waals surface area contributed by atoms with E-state index in [1.165, 1.54) is 5.56 Å². The molecule has 5 aromatic rings. The number of nitrogens with zero attached hydrogens (tertiary/aromatic N) is 4. The lowest BCUT2D eigenvalue weighted by Gasteiger charge is -2.09. The standard InChI is InChI=1S/C26H22ClN5O2/c1-3-16(2)18-6-11-24-23(12-18)31-26(34-24)17-4-7-19(8-5-17)30-25(33)21-13-20(9-10-22(21)27)32-14-28-29-15-32/h4-16H,3H2,1-2H3,(H,30,33)/t16-/m1/s1. The first-order valence-electron chi connectivity index (χ1n) is 11.0. The topological polar surface area (TPSA) is 85.8 Å². The molecule has 0 fully saturated rings. The van der Waals surface area contributed by atoms with Crippen LogP contribution in [-0.4, -0.2) is 25.7 Å². The van der Waals surface area contributed by atoms with Gasteiger partial charge >= 0.3 is 0 Å². The number of nitrogens with one attached hydrogen (secondary N) is 1. The van der Waals surface area contributed by atoms with Crippen molar-refractivity contribution in [2.24, 2.45) is 0 Å². The maximum atomic E-state index is 12.9. The molecule has 0 aliphatic carbocycles. The summed E-state index contributed by atoms with van der Waals surface area (Å²) in [5.74, 6) is 0.698. The number of hydrogen-bond donors (Lipinski definition) is 1. The Bertz CT molecular complexity index is 1460. The van der Waals surface area contributed by atoms with Crippen LogP contribution in [-0.2, 0) is 0 Å². The first-order valence-corrected chi connectivity index (χ1v) is 11.4. The number of carbonyl (C=O) groups is 1. The summed E-state index contributed by atoms with van der Waals surface area (Å²) >= 11 is 6.28. The Morgan fingerprint density at radius 1 is 1.06 bits per heavy atom. The zero-order valence-corrected chi connectivity index (χ0v) is 19.5. The fourth-order valence-corrected chi connectivity index (χ4v) is 3.89. The van der Waals surface area contributed by atoms with Gasteiger partial charge in [-0.15, -0.1) is 10.2 Å².